The molecule has 15 heavy (non-hydrogen) atoms. The third kappa shape index (κ3) is 2.84. The molecule has 82 valence electrons. The van der Waals surface area contributed by atoms with Crippen molar-refractivity contribution >= 4 is 17.6 Å². The molecule has 0 saturated heterocycles. The van der Waals surface area contributed by atoms with Crippen molar-refractivity contribution in [3.05, 3.63) is 28.8 Å². The number of hydrogen-bond acceptors (Lipinski definition) is 3. The number of aromatic hydroxyl groups is 1. The van der Waals surface area contributed by atoms with E-state index in [1.54, 1.807) is 6.07 Å². The molecule has 0 aliphatic heterocycles. The van der Waals surface area contributed by atoms with Crippen molar-refractivity contribution in [3.63, 3.8) is 0 Å². The van der Waals surface area contributed by atoms with Crippen LogP contribution in [0.3, 0.4) is 0 Å². The SMILES string of the molecule is C[C@](N)(Cc1ccc(O)c(Cl)c1)C(=O)O. The molecule has 0 aromatic heterocycles. The lowest BCUT2D eigenvalue weighted by Crippen LogP contribution is -2.46. The van der Waals surface area contributed by atoms with Gasteiger partial charge in [-0.15, -0.1) is 0 Å². The summed E-state index contributed by atoms with van der Waals surface area (Å²) < 4.78 is 0. The molecule has 1 atom stereocenters. The molecule has 4 nitrogen and oxygen atoms in total. The standard InChI is InChI=1S/C10H12ClNO3/c1-10(12,9(14)15)5-6-2-3-8(13)7(11)4-6/h2-4,13H,5,12H2,1H3,(H,14,15)/t10-/m0/s1. The summed E-state index contributed by atoms with van der Waals surface area (Å²) in [5.74, 6) is -1.11. The highest BCUT2D eigenvalue weighted by Crippen LogP contribution is 2.25. The Kier molecular flexibility index (Phi) is 3.21. The zero-order valence-corrected chi connectivity index (χ0v) is 8.95. The molecule has 0 amide bonds. The molecule has 1 aromatic carbocycles. The summed E-state index contributed by atoms with van der Waals surface area (Å²) in [6, 6.07) is 4.51. The number of carboxylic acids is 1. The third-order valence-corrected chi connectivity index (χ3v) is 2.37. The second-order valence-corrected chi connectivity index (χ2v) is 4.09. The molecular weight excluding hydrogens is 218 g/mol. The summed E-state index contributed by atoms with van der Waals surface area (Å²) in [7, 11) is 0. The second kappa shape index (κ2) is 4.08. The first kappa shape index (κ1) is 11.8. The summed E-state index contributed by atoms with van der Waals surface area (Å²) in [5, 5.41) is 18.2. The van der Waals surface area contributed by atoms with Gasteiger partial charge in [-0.2, -0.15) is 0 Å². The number of phenolic OH excluding ortho intramolecular Hbond substituents is 1. The molecule has 5 heteroatoms. The number of nitrogens with two attached hydrogens (primary N) is 1. The van der Waals surface area contributed by atoms with Crippen LogP contribution >= 0.6 is 11.6 Å². The zero-order chi connectivity index (χ0) is 11.6. The van der Waals surface area contributed by atoms with E-state index >= 15 is 0 Å². The van der Waals surface area contributed by atoms with Crippen LogP contribution < -0.4 is 5.73 Å². The van der Waals surface area contributed by atoms with Crippen LogP contribution in [0.2, 0.25) is 5.02 Å². The number of hydrogen-bond donors (Lipinski definition) is 3. The van der Waals surface area contributed by atoms with Crippen LogP contribution in [0.25, 0.3) is 0 Å². The van der Waals surface area contributed by atoms with E-state index in [2.05, 4.69) is 0 Å². The van der Waals surface area contributed by atoms with Gasteiger partial charge in [-0.05, 0) is 24.6 Å². The quantitative estimate of drug-likeness (QED) is 0.731. The average molecular weight is 230 g/mol. The van der Waals surface area contributed by atoms with E-state index in [9.17, 15) is 9.90 Å². The minimum absolute atomic E-state index is 0.0329. The van der Waals surface area contributed by atoms with Gasteiger partial charge in [0.2, 0.25) is 0 Å². The normalized spacial score (nSPS) is 14.6. The molecular formula is C10H12ClNO3. The van der Waals surface area contributed by atoms with E-state index < -0.39 is 11.5 Å². The Bertz CT molecular complexity index is 390. The van der Waals surface area contributed by atoms with E-state index in [1.165, 1.54) is 19.1 Å². The van der Waals surface area contributed by atoms with Crippen molar-refractivity contribution in [1.82, 2.24) is 0 Å². The van der Waals surface area contributed by atoms with E-state index in [0.717, 1.165) is 0 Å². The lowest BCUT2D eigenvalue weighted by molar-refractivity contribution is -0.142. The third-order valence-electron chi connectivity index (χ3n) is 2.07. The molecule has 4 N–H and O–H groups in total. The van der Waals surface area contributed by atoms with E-state index in [4.69, 9.17) is 22.4 Å². The van der Waals surface area contributed by atoms with Crippen LogP contribution in [0.5, 0.6) is 5.75 Å². The Hall–Kier alpha value is -1.26. The fraction of sp³-hybridized carbons (Fsp3) is 0.300. The van der Waals surface area contributed by atoms with Crippen molar-refractivity contribution in [2.75, 3.05) is 0 Å². The maximum atomic E-state index is 10.8. The van der Waals surface area contributed by atoms with E-state index in [0.29, 0.717) is 5.56 Å². The lowest BCUT2D eigenvalue weighted by atomic mass is 9.94. The summed E-state index contributed by atoms with van der Waals surface area (Å²) >= 11 is 5.68. The molecule has 1 rings (SSSR count). The maximum absolute atomic E-state index is 10.8. The molecule has 0 aliphatic carbocycles. The van der Waals surface area contributed by atoms with Gasteiger partial charge in [-0.3, -0.25) is 4.79 Å². The van der Waals surface area contributed by atoms with Gasteiger partial charge in [-0.25, -0.2) is 0 Å². The molecule has 1 aromatic rings. The van der Waals surface area contributed by atoms with Crippen LogP contribution in [0.1, 0.15) is 12.5 Å². The van der Waals surface area contributed by atoms with Crippen molar-refractivity contribution in [2.45, 2.75) is 18.9 Å². The monoisotopic (exact) mass is 229 g/mol. The highest BCUT2D eigenvalue weighted by molar-refractivity contribution is 6.32. The minimum atomic E-state index is -1.33. The fourth-order valence-electron chi connectivity index (χ4n) is 1.16. The Morgan fingerprint density at radius 2 is 2.20 bits per heavy atom. The van der Waals surface area contributed by atoms with Crippen LogP contribution in [0, 0.1) is 0 Å². The molecule has 0 fully saturated rings. The minimum Gasteiger partial charge on any atom is -0.506 e. The average Bonchev–Trinajstić information content (AvgIpc) is 2.10. The molecule has 0 spiro atoms. The highest BCUT2D eigenvalue weighted by Gasteiger charge is 2.28. The largest absolute Gasteiger partial charge is 0.506 e. The fourth-order valence-corrected chi connectivity index (χ4v) is 1.36. The zero-order valence-electron chi connectivity index (χ0n) is 8.20. The van der Waals surface area contributed by atoms with Gasteiger partial charge in [0.1, 0.15) is 11.3 Å². The number of phenols is 1. The molecule has 0 radical (unpaired) electrons. The Morgan fingerprint density at radius 1 is 1.60 bits per heavy atom. The maximum Gasteiger partial charge on any atom is 0.323 e. The smallest absolute Gasteiger partial charge is 0.323 e. The predicted octanol–water partition coefficient (Wildman–Crippen LogP) is 1.39. The van der Waals surface area contributed by atoms with Crippen LogP contribution in [0.4, 0.5) is 0 Å². The molecule has 0 heterocycles. The first-order valence-electron chi connectivity index (χ1n) is 4.32. The van der Waals surface area contributed by atoms with Gasteiger partial charge in [0, 0.05) is 6.42 Å². The van der Waals surface area contributed by atoms with Gasteiger partial charge in [0.05, 0.1) is 5.02 Å². The predicted molar refractivity (Wildman–Crippen MR) is 57.0 cm³/mol. The van der Waals surface area contributed by atoms with Gasteiger partial charge in [0.15, 0.2) is 0 Å². The van der Waals surface area contributed by atoms with Crippen molar-refractivity contribution < 1.29 is 15.0 Å². The van der Waals surface area contributed by atoms with E-state index in [-0.39, 0.29) is 17.2 Å². The first-order valence-corrected chi connectivity index (χ1v) is 4.70. The number of halogens is 1. The van der Waals surface area contributed by atoms with Gasteiger partial charge < -0.3 is 15.9 Å². The molecule has 0 bridgehead atoms. The summed E-state index contributed by atoms with van der Waals surface area (Å²) in [5.41, 5.74) is 4.91. The van der Waals surface area contributed by atoms with Crippen LogP contribution in [-0.4, -0.2) is 21.7 Å². The van der Waals surface area contributed by atoms with Crippen LogP contribution in [-0.2, 0) is 11.2 Å². The van der Waals surface area contributed by atoms with Gasteiger partial charge >= 0.3 is 5.97 Å². The number of carbonyl (C=O) groups is 1. The summed E-state index contributed by atoms with van der Waals surface area (Å²) in [6.45, 7) is 1.43. The Balaban J connectivity index is 2.91. The van der Waals surface area contributed by atoms with Crippen LogP contribution in [0.15, 0.2) is 18.2 Å². The van der Waals surface area contributed by atoms with Gasteiger partial charge in [0.25, 0.3) is 0 Å². The Morgan fingerprint density at radius 3 is 2.67 bits per heavy atom. The molecule has 0 unspecified atom stereocenters. The topological polar surface area (TPSA) is 83.5 Å². The number of aliphatic carboxylic acids is 1. The highest BCUT2D eigenvalue weighted by atomic mass is 35.5. The summed E-state index contributed by atoms with van der Waals surface area (Å²) in [6.07, 6.45) is 0.155. The van der Waals surface area contributed by atoms with Crippen molar-refractivity contribution in [3.8, 4) is 5.75 Å². The second-order valence-electron chi connectivity index (χ2n) is 3.69. The number of benzene rings is 1. The van der Waals surface area contributed by atoms with Gasteiger partial charge in [-0.1, -0.05) is 17.7 Å². The Labute approximate surface area is 92.3 Å². The first-order chi connectivity index (χ1) is 6.83. The number of rotatable bonds is 3. The van der Waals surface area contributed by atoms with E-state index in [1.807, 2.05) is 0 Å². The van der Waals surface area contributed by atoms with Crippen molar-refractivity contribution in [1.29, 1.82) is 0 Å². The molecule has 0 saturated carbocycles. The number of carboxylic acid groups (broad SMARTS) is 1. The molecule has 0 aliphatic rings. The lowest BCUT2D eigenvalue weighted by Gasteiger charge is -2.19. The summed E-state index contributed by atoms with van der Waals surface area (Å²) in [4.78, 5) is 10.8. The van der Waals surface area contributed by atoms with Crippen molar-refractivity contribution in [2.24, 2.45) is 5.73 Å².